The lowest BCUT2D eigenvalue weighted by Gasteiger charge is -2.25. The summed E-state index contributed by atoms with van der Waals surface area (Å²) in [7, 11) is 1.96. The predicted octanol–water partition coefficient (Wildman–Crippen LogP) is 2.77. The Balaban J connectivity index is 1.84. The zero-order valence-electron chi connectivity index (χ0n) is 14.6. The Morgan fingerprint density at radius 2 is 2.04 bits per heavy atom. The van der Waals surface area contributed by atoms with Gasteiger partial charge in [-0.05, 0) is 23.5 Å². The van der Waals surface area contributed by atoms with Gasteiger partial charge in [-0.25, -0.2) is 0 Å². The molecule has 128 valence electrons. The lowest BCUT2D eigenvalue weighted by Crippen LogP contribution is -2.39. The second kappa shape index (κ2) is 6.40. The van der Waals surface area contributed by atoms with Crippen molar-refractivity contribution in [2.75, 3.05) is 13.1 Å². The topological polar surface area (TPSA) is 58.4 Å². The van der Waals surface area contributed by atoms with Crippen molar-refractivity contribution in [2.24, 2.45) is 7.05 Å². The smallest absolute Gasteiger partial charge is 0.315 e. The molecule has 5 heteroatoms. The number of aryl methyl sites for hydroxylation is 1. The van der Waals surface area contributed by atoms with Crippen LogP contribution in [-0.4, -0.2) is 38.8 Å². The van der Waals surface area contributed by atoms with Crippen LogP contribution in [0, 0.1) is 0 Å². The summed E-state index contributed by atoms with van der Waals surface area (Å²) in [6.07, 6.45) is 2.57. The highest BCUT2D eigenvalue weighted by Gasteiger charge is 2.46. The Bertz CT molecular complexity index is 723. The summed E-state index contributed by atoms with van der Waals surface area (Å²) in [4.78, 5) is 14.3. The average Bonchev–Trinajstić information content (AvgIpc) is 3.14. The number of nitrogens with zero attached hydrogens (tertiary/aromatic N) is 3. The molecule has 2 heterocycles. The zero-order valence-corrected chi connectivity index (χ0v) is 14.6. The van der Waals surface area contributed by atoms with E-state index in [0.29, 0.717) is 18.9 Å². The number of benzene rings is 1. The van der Waals surface area contributed by atoms with Gasteiger partial charge in [0.1, 0.15) is 5.41 Å². The number of carboxylic acid groups (broad SMARTS) is 1. The van der Waals surface area contributed by atoms with Gasteiger partial charge in [0.25, 0.3) is 0 Å². The average molecular weight is 327 g/mol. The Morgan fingerprint density at radius 1 is 1.33 bits per heavy atom. The van der Waals surface area contributed by atoms with E-state index in [4.69, 9.17) is 0 Å². The Kier molecular flexibility index (Phi) is 4.45. The van der Waals surface area contributed by atoms with Crippen LogP contribution in [0.1, 0.15) is 43.0 Å². The minimum absolute atomic E-state index is 0.412. The van der Waals surface area contributed by atoms with Gasteiger partial charge >= 0.3 is 5.97 Å². The molecule has 1 atom stereocenters. The molecule has 1 unspecified atom stereocenters. The van der Waals surface area contributed by atoms with Crippen LogP contribution in [0.15, 0.2) is 36.5 Å². The molecule has 1 aromatic heterocycles. The number of carbonyl (C=O) groups is 1. The molecule has 1 aromatic carbocycles. The number of likely N-dealkylation sites (tertiary alicyclic amines) is 1. The van der Waals surface area contributed by atoms with Crippen molar-refractivity contribution >= 4 is 5.97 Å². The third-order valence-corrected chi connectivity index (χ3v) is 5.17. The maximum absolute atomic E-state index is 12.1. The van der Waals surface area contributed by atoms with Gasteiger partial charge in [-0.2, -0.15) is 5.10 Å². The quantitative estimate of drug-likeness (QED) is 0.917. The predicted molar refractivity (Wildman–Crippen MR) is 92.9 cm³/mol. The zero-order chi connectivity index (χ0) is 17.3. The highest BCUT2D eigenvalue weighted by Crippen LogP contribution is 2.36. The molecule has 0 saturated carbocycles. The van der Waals surface area contributed by atoms with E-state index in [9.17, 15) is 9.90 Å². The van der Waals surface area contributed by atoms with Crippen LogP contribution in [0.3, 0.4) is 0 Å². The van der Waals surface area contributed by atoms with Gasteiger partial charge in [0, 0.05) is 26.7 Å². The molecule has 0 radical (unpaired) electrons. The lowest BCUT2D eigenvalue weighted by atomic mass is 9.80. The molecule has 1 N–H and O–H groups in total. The summed E-state index contributed by atoms with van der Waals surface area (Å²) in [6.45, 7) is 6.39. The molecular weight excluding hydrogens is 302 g/mol. The molecule has 1 aliphatic heterocycles. The van der Waals surface area contributed by atoms with E-state index in [1.54, 1.807) is 0 Å². The molecule has 3 rings (SSSR count). The van der Waals surface area contributed by atoms with Gasteiger partial charge in [-0.3, -0.25) is 14.4 Å². The van der Waals surface area contributed by atoms with Crippen molar-refractivity contribution in [1.29, 1.82) is 0 Å². The molecule has 2 aromatic rings. The second-order valence-electron chi connectivity index (χ2n) is 7.04. The minimum atomic E-state index is -0.808. The van der Waals surface area contributed by atoms with E-state index >= 15 is 0 Å². The number of carboxylic acids is 1. The molecule has 0 aliphatic carbocycles. The van der Waals surface area contributed by atoms with E-state index in [-0.39, 0.29) is 0 Å². The standard InChI is InChI=1S/C19H25N3O2/c1-14(2)16-11-20-21(3)17(16)12-22-10-9-19(13-22,18(23)24)15-7-5-4-6-8-15/h4-8,11,14H,9-10,12-13H2,1-3H3,(H,23,24). The van der Waals surface area contributed by atoms with Gasteiger partial charge < -0.3 is 5.11 Å². The summed E-state index contributed by atoms with van der Waals surface area (Å²) >= 11 is 0. The summed E-state index contributed by atoms with van der Waals surface area (Å²) in [5.74, 6) is -0.319. The number of aromatic nitrogens is 2. The first-order chi connectivity index (χ1) is 11.4. The Labute approximate surface area is 142 Å². The van der Waals surface area contributed by atoms with Gasteiger partial charge in [0.15, 0.2) is 0 Å². The summed E-state index contributed by atoms with van der Waals surface area (Å²) in [5.41, 5.74) is 2.51. The Morgan fingerprint density at radius 3 is 2.67 bits per heavy atom. The molecular formula is C19H25N3O2. The Hall–Kier alpha value is -2.14. The highest BCUT2D eigenvalue weighted by molar-refractivity contribution is 5.82. The van der Waals surface area contributed by atoms with E-state index in [1.165, 1.54) is 11.3 Å². The van der Waals surface area contributed by atoms with Crippen LogP contribution >= 0.6 is 0 Å². The van der Waals surface area contributed by atoms with Crippen molar-refractivity contribution in [3.05, 3.63) is 53.3 Å². The first-order valence-electron chi connectivity index (χ1n) is 8.46. The maximum atomic E-state index is 12.1. The largest absolute Gasteiger partial charge is 0.481 e. The van der Waals surface area contributed by atoms with Crippen LogP contribution in [0.4, 0.5) is 0 Å². The summed E-state index contributed by atoms with van der Waals surface area (Å²) in [6, 6.07) is 9.63. The normalized spacial score (nSPS) is 21.5. The van der Waals surface area contributed by atoms with Crippen molar-refractivity contribution in [3.8, 4) is 0 Å². The van der Waals surface area contributed by atoms with Crippen LogP contribution in [0.2, 0.25) is 0 Å². The summed E-state index contributed by atoms with van der Waals surface area (Å²) < 4.78 is 1.92. The van der Waals surface area contributed by atoms with Crippen LogP contribution in [0.5, 0.6) is 0 Å². The number of hydrogen-bond acceptors (Lipinski definition) is 3. The van der Waals surface area contributed by atoms with Crippen molar-refractivity contribution in [3.63, 3.8) is 0 Å². The molecule has 24 heavy (non-hydrogen) atoms. The first kappa shape index (κ1) is 16.7. The van der Waals surface area contributed by atoms with Crippen molar-refractivity contribution in [1.82, 2.24) is 14.7 Å². The van der Waals surface area contributed by atoms with Crippen LogP contribution in [0.25, 0.3) is 0 Å². The van der Waals surface area contributed by atoms with Gasteiger partial charge in [0.2, 0.25) is 0 Å². The monoisotopic (exact) mass is 327 g/mol. The molecule has 1 saturated heterocycles. The van der Waals surface area contributed by atoms with E-state index in [1.807, 2.05) is 48.3 Å². The number of aliphatic carboxylic acids is 1. The number of rotatable bonds is 5. The third-order valence-electron chi connectivity index (χ3n) is 5.17. The molecule has 5 nitrogen and oxygen atoms in total. The fraction of sp³-hybridized carbons (Fsp3) is 0.474. The van der Waals surface area contributed by atoms with Gasteiger partial charge in [-0.1, -0.05) is 44.2 Å². The van der Waals surface area contributed by atoms with Crippen molar-refractivity contribution < 1.29 is 9.90 Å². The lowest BCUT2D eigenvalue weighted by molar-refractivity contribution is -0.143. The highest BCUT2D eigenvalue weighted by atomic mass is 16.4. The number of hydrogen-bond donors (Lipinski definition) is 1. The molecule has 0 amide bonds. The van der Waals surface area contributed by atoms with Gasteiger partial charge in [0.05, 0.1) is 11.9 Å². The molecule has 0 bridgehead atoms. The fourth-order valence-corrected chi connectivity index (χ4v) is 3.68. The second-order valence-corrected chi connectivity index (χ2v) is 7.04. The molecule has 1 aliphatic rings. The third kappa shape index (κ3) is 2.84. The minimum Gasteiger partial charge on any atom is -0.481 e. The van der Waals surface area contributed by atoms with E-state index < -0.39 is 11.4 Å². The van der Waals surface area contributed by atoms with Crippen LogP contribution in [-0.2, 0) is 23.8 Å². The SMILES string of the molecule is CC(C)c1cnn(C)c1CN1CCC(C(=O)O)(c2ccccc2)C1. The van der Waals surface area contributed by atoms with E-state index in [0.717, 1.165) is 18.7 Å². The van der Waals surface area contributed by atoms with E-state index in [2.05, 4.69) is 23.8 Å². The summed E-state index contributed by atoms with van der Waals surface area (Å²) in [5, 5.41) is 14.3. The fourth-order valence-electron chi connectivity index (χ4n) is 3.68. The van der Waals surface area contributed by atoms with Crippen molar-refractivity contribution in [2.45, 2.75) is 38.1 Å². The molecule has 0 spiro atoms. The molecule has 1 fully saturated rings. The maximum Gasteiger partial charge on any atom is 0.315 e. The van der Waals surface area contributed by atoms with Gasteiger partial charge in [-0.15, -0.1) is 0 Å². The first-order valence-corrected chi connectivity index (χ1v) is 8.46. The van der Waals surface area contributed by atoms with Crippen LogP contribution < -0.4 is 0 Å².